The lowest BCUT2D eigenvalue weighted by molar-refractivity contribution is 0.315. The Kier molecular flexibility index (Phi) is 3.79. The zero-order valence-electron chi connectivity index (χ0n) is 10.8. The van der Waals surface area contributed by atoms with Gasteiger partial charge in [-0.2, -0.15) is 0 Å². The van der Waals surface area contributed by atoms with E-state index < -0.39 is 0 Å². The van der Waals surface area contributed by atoms with Crippen LogP contribution in [0.5, 0.6) is 0 Å². The predicted octanol–water partition coefficient (Wildman–Crippen LogP) is 3.32. The quantitative estimate of drug-likeness (QED) is 0.861. The Bertz CT molecular complexity index is 405. The summed E-state index contributed by atoms with van der Waals surface area (Å²) in [6, 6.07) is 7.29. The van der Waals surface area contributed by atoms with Gasteiger partial charge in [-0.15, -0.1) is 0 Å². The molecule has 1 aliphatic rings. The van der Waals surface area contributed by atoms with Crippen LogP contribution in [0.25, 0.3) is 0 Å². The summed E-state index contributed by atoms with van der Waals surface area (Å²) >= 11 is 3.71. The van der Waals surface area contributed by atoms with E-state index in [0.29, 0.717) is 18.0 Å². The molecule has 2 N–H and O–H groups in total. The Balaban J connectivity index is 2.31. The minimum absolute atomic E-state index is 0.338. The lowest BCUT2D eigenvalue weighted by Crippen LogP contribution is -2.52. The third-order valence-corrected chi connectivity index (χ3v) is 5.14. The van der Waals surface area contributed by atoms with Crippen LogP contribution in [0.4, 0.5) is 5.69 Å². The van der Waals surface area contributed by atoms with Crippen molar-refractivity contribution in [3.63, 3.8) is 0 Å². The van der Waals surface area contributed by atoms with Crippen LogP contribution in [0.2, 0.25) is 0 Å². The zero-order chi connectivity index (χ0) is 12.6. The van der Waals surface area contributed by atoms with Crippen molar-refractivity contribution in [1.29, 1.82) is 0 Å². The smallest absolute Gasteiger partial charge is 0.0515 e. The Morgan fingerprint density at radius 3 is 2.76 bits per heavy atom. The van der Waals surface area contributed by atoms with Crippen molar-refractivity contribution in [2.24, 2.45) is 11.7 Å². The molecule has 0 amide bonds. The van der Waals surface area contributed by atoms with Crippen molar-refractivity contribution in [1.82, 2.24) is 0 Å². The van der Waals surface area contributed by atoms with Crippen LogP contribution >= 0.6 is 15.9 Å². The average Bonchev–Trinajstić information content (AvgIpc) is 2.31. The number of nitrogens with two attached hydrogens (primary N) is 1. The maximum Gasteiger partial charge on any atom is 0.0515 e. The summed E-state index contributed by atoms with van der Waals surface area (Å²) in [5.41, 5.74) is 8.73. The van der Waals surface area contributed by atoms with Gasteiger partial charge in [0.25, 0.3) is 0 Å². The molecule has 1 heterocycles. The first-order valence-corrected chi connectivity index (χ1v) is 7.09. The van der Waals surface area contributed by atoms with Gasteiger partial charge < -0.3 is 10.6 Å². The molecule has 0 spiro atoms. The molecular weight excluding hydrogens is 276 g/mol. The summed E-state index contributed by atoms with van der Waals surface area (Å²) < 4.78 is 1.22. The van der Waals surface area contributed by atoms with E-state index in [4.69, 9.17) is 5.73 Å². The molecule has 0 aliphatic carbocycles. The van der Waals surface area contributed by atoms with Gasteiger partial charge in [-0.05, 0) is 53.7 Å². The van der Waals surface area contributed by atoms with Crippen LogP contribution in [-0.2, 0) is 0 Å². The van der Waals surface area contributed by atoms with Gasteiger partial charge in [0.05, 0.1) is 5.69 Å². The highest BCUT2D eigenvalue weighted by Gasteiger charge is 2.31. The Labute approximate surface area is 112 Å². The fourth-order valence-electron chi connectivity index (χ4n) is 2.59. The van der Waals surface area contributed by atoms with E-state index in [9.17, 15) is 0 Å². The molecule has 0 aromatic heterocycles. The number of nitrogens with zero attached hydrogens (tertiary/aromatic N) is 1. The Morgan fingerprint density at radius 1 is 1.35 bits per heavy atom. The number of rotatable bonds is 1. The summed E-state index contributed by atoms with van der Waals surface area (Å²) in [6.45, 7) is 7.72. The van der Waals surface area contributed by atoms with Crippen molar-refractivity contribution in [2.45, 2.75) is 39.3 Å². The summed E-state index contributed by atoms with van der Waals surface area (Å²) in [7, 11) is 0. The number of hydrogen-bond acceptors (Lipinski definition) is 2. The van der Waals surface area contributed by atoms with Crippen LogP contribution in [0, 0.1) is 12.8 Å². The van der Waals surface area contributed by atoms with Gasteiger partial charge in [-0.25, -0.2) is 0 Å². The second-order valence-electron chi connectivity index (χ2n) is 5.15. The number of halogens is 1. The molecule has 0 bridgehead atoms. The fourth-order valence-corrected chi connectivity index (χ4v) is 3.08. The molecule has 1 aliphatic heterocycles. The molecule has 17 heavy (non-hydrogen) atoms. The van der Waals surface area contributed by atoms with Gasteiger partial charge in [0.1, 0.15) is 0 Å². The van der Waals surface area contributed by atoms with E-state index in [1.807, 2.05) is 0 Å². The number of piperidine rings is 1. The van der Waals surface area contributed by atoms with Gasteiger partial charge in [0, 0.05) is 23.1 Å². The first-order chi connectivity index (χ1) is 8.02. The second kappa shape index (κ2) is 4.99. The van der Waals surface area contributed by atoms with E-state index in [1.165, 1.54) is 15.7 Å². The van der Waals surface area contributed by atoms with Crippen molar-refractivity contribution in [3.05, 3.63) is 28.2 Å². The van der Waals surface area contributed by atoms with E-state index >= 15 is 0 Å². The normalized spacial score (nSPS) is 29.5. The van der Waals surface area contributed by atoms with Crippen LogP contribution in [0.15, 0.2) is 22.7 Å². The Morgan fingerprint density at radius 2 is 2.06 bits per heavy atom. The van der Waals surface area contributed by atoms with Gasteiger partial charge in [-0.3, -0.25) is 0 Å². The molecule has 1 saturated heterocycles. The molecule has 1 aromatic carbocycles. The maximum atomic E-state index is 6.14. The predicted molar refractivity (Wildman–Crippen MR) is 77.4 cm³/mol. The highest BCUT2D eigenvalue weighted by atomic mass is 79.9. The zero-order valence-corrected chi connectivity index (χ0v) is 12.4. The van der Waals surface area contributed by atoms with E-state index in [-0.39, 0.29) is 0 Å². The molecule has 1 aromatic rings. The van der Waals surface area contributed by atoms with E-state index in [0.717, 1.165) is 13.0 Å². The SMILES string of the molecule is Cc1cccc(N2CCC(N)C(C)C2C)c1Br. The summed E-state index contributed by atoms with van der Waals surface area (Å²) in [6.07, 6.45) is 1.08. The summed E-state index contributed by atoms with van der Waals surface area (Å²) in [4.78, 5) is 2.48. The standard InChI is InChI=1S/C14H21BrN2/c1-9-5-4-6-13(14(9)15)17-8-7-12(16)10(2)11(17)3/h4-6,10-12H,7-8,16H2,1-3H3. The van der Waals surface area contributed by atoms with Crippen LogP contribution < -0.4 is 10.6 Å². The third kappa shape index (κ3) is 2.36. The Hall–Kier alpha value is -0.540. The molecule has 1 fully saturated rings. The highest BCUT2D eigenvalue weighted by Crippen LogP contribution is 2.34. The number of aryl methyl sites for hydroxylation is 1. The lowest BCUT2D eigenvalue weighted by atomic mass is 9.87. The molecule has 2 nitrogen and oxygen atoms in total. The minimum Gasteiger partial charge on any atom is -0.368 e. The van der Waals surface area contributed by atoms with Gasteiger partial charge >= 0.3 is 0 Å². The van der Waals surface area contributed by atoms with Gasteiger partial charge in [0.15, 0.2) is 0 Å². The molecule has 3 unspecified atom stereocenters. The first kappa shape index (κ1) is 12.9. The lowest BCUT2D eigenvalue weighted by Gasteiger charge is -2.43. The van der Waals surface area contributed by atoms with Crippen molar-refractivity contribution in [2.75, 3.05) is 11.4 Å². The highest BCUT2D eigenvalue weighted by molar-refractivity contribution is 9.10. The van der Waals surface area contributed by atoms with Crippen molar-refractivity contribution < 1.29 is 0 Å². The molecule has 3 heteroatoms. The number of benzene rings is 1. The number of anilines is 1. The van der Waals surface area contributed by atoms with E-state index in [1.54, 1.807) is 0 Å². The largest absolute Gasteiger partial charge is 0.368 e. The summed E-state index contributed by atoms with van der Waals surface area (Å²) in [5.74, 6) is 0.538. The summed E-state index contributed by atoms with van der Waals surface area (Å²) in [5, 5.41) is 0. The topological polar surface area (TPSA) is 29.3 Å². The molecule has 0 saturated carbocycles. The van der Waals surface area contributed by atoms with Crippen LogP contribution in [0.1, 0.15) is 25.8 Å². The molecular formula is C14H21BrN2. The average molecular weight is 297 g/mol. The molecule has 94 valence electrons. The molecule has 3 atom stereocenters. The van der Waals surface area contributed by atoms with Crippen molar-refractivity contribution >= 4 is 21.6 Å². The second-order valence-corrected chi connectivity index (χ2v) is 5.95. The maximum absolute atomic E-state index is 6.14. The van der Waals surface area contributed by atoms with Gasteiger partial charge in [-0.1, -0.05) is 19.1 Å². The minimum atomic E-state index is 0.338. The molecule has 2 rings (SSSR count). The van der Waals surface area contributed by atoms with Gasteiger partial charge in [0.2, 0.25) is 0 Å². The van der Waals surface area contributed by atoms with E-state index in [2.05, 4.69) is 59.8 Å². The molecule has 0 radical (unpaired) electrons. The third-order valence-electron chi connectivity index (χ3n) is 4.11. The number of hydrogen-bond donors (Lipinski definition) is 1. The van der Waals surface area contributed by atoms with Crippen molar-refractivity contribution in [3.8, 4) is 0 Å². The fraction of sp³-hybridized carbons (Fsp3) is 0.571. The first-order valence-electron chi connectivity index (χ1n) is 6.29. The van der Waals surface area contributed by atoms with Crippen LogP contribution in [0.3, 0.4) is 0 Å². The monoisotopic (exact) mass is 296 g/mol. The van der Waals surface area contributed by atoms with Crippen LogP contribution in [-0.4, -0.2) is 18.6 Å².